The van der Waals surface area contributed by atoms with Crippen LogP contribution in [0.1, 0.15) is 61.8 Å². The van der Waals surface area contributed by atoms with Gasteiger partial charge in [0.15, 0.2) is 11.5 Å². The molecule has 0 spiro atoms. The van der Waals surface area contributed by atoms with Crippen LogP contribution in [-0.2, 0) is 4.74 Å². The molecular weight excluding hydrogens is 404 g/mol. The Hall–Kier alpha value is -2.03. The maximum Gasteiger partial charge on any atom is 0.252 e. The molecule has 1 atom stereocenters. The summed E-state index contributed by atoms with van der Waals surface area (Å²) in [6.07, 6.45) is 6.69. The van der Waals surface area contributed by atoms with Gasteiger partial charge in [-0.25, -0.2) is 0 Å². The van der Waals surface area contributed by atoms with Crippen molar-refractivity contribution in [3.63, 3.8) is 0 Å². The predicted octanol–water partition coefficient (Wildman–Crippen LogP) is 2.36. The van der Waals surface area contributed by atoms with E-state index in [0.29, 0.717) is 24.1 Å². The highest BCUT2D eigenvalue weighted by Crippen LogP contribution is 2.33. The number of nitrogens with one attached hydrogen (secondary N) is 1. The van der Waals surface area contributed by atoms with Crippen LogP contribution in [0.15, 0.2) is 18.3 Å². The SMILES string of the molecule is CC(C)N1CCN(CC2CC2)CC1c1nnc2ccc(C(=O)NCC3CCOCC3)cn12. The second kappa shape index (κ2) is 9.45. The topological polar surface area (TPSA) is 75.0 Å². The van der Waals surface area contributed by atoms with Gasteiger partial charge < -0.3 is 10.1 Å². The van der Waals surface area contributed by atoms with Crippen molar-refractivity contribution in [2.75, 3.05) is 45.9 Å². The molecule has 1 saturated carbocycles. The van der Waals surface area contributed by atoms with Crippen LogP contribution in [0.3, 0.4) is 0 Å². The summed E-state index contributed by atoms with van der Waals surface area (Å²) in [5.74, 6) is 2.29. The number of ether oxygens (including phenoxy) is 1. The Morgan fingerprint density at radius 2 is 1.94 bits per heavy atom. The molecule has 8 heteroatoms. The van der Waals surface area contributed by atoms with Gasteiger partial charge in [0.05, 0.1) is 11.6 Å². The minimum absolute atomic E-state index is 0.0299. The lowest BCUT2D eigenvalue weighted by Gasteiger charge is -2.42. The van der Waals surface area contributed by atoms with Crippen molar-refractivity contribution in [2.45, 2.75) is 51.6 Å². The summed E-state index contributed by atoms with van der Waals surface area (Å²) in [4.78, 5) is 18.0. The van der Waals surface area contributed by atoms with Crippen LogP contribution in [0.5, 0.6) is 0 Å². The Morgan fingerprint density at radius 1 is 1.12 bits per heavy atom. The third-order valence-corrected chi connectivity index (χ3v) is 7.26. The standard InChI is InChI=1S/C24H36N6O2/c1-17(2)29-10-9-28(14-19-3-4-19)16-21(29)23-27-26-22-6-5-20(15-30(22)23)24(31)25-13-18-7-11-32-12-8-18/h5-6,15,17-19,21H,3-4,7-14,16H2,1-2H3,(H,25,31). The van der Waals surface area contributed by atoms with Crippen LogP contribution in [0.2, 0.25) is 0 Å². The van der Waals surface area contributed by atoms with Crippen molar-refractivity contribution < 1.29 is 9.53 Å². The molecule has 0 bridgehead atoms. The van der Waals surface area contributed by atoms with Crippen molar-refractivity contribution in [3.8, 4) is 0 Å². The van der Waals surface area contributed by atoms with E-state index in [-0.39, 0.29) is 11.9 Å². The van der Waals surface area contributed by atoms with Gasteiger partial charge in [-0.05, 0) is 63.5 Å². The summed E-state index contributed by atoms with van der Waals surface area (Å²) >= 11 is 0. The number of fused-ring (bicyclic) bond motifs is 1. The Kier molecular flexibility index (Phi) is 6.44. The van der Waals surface area contributed by atoms with E-state index in [9.17, 15) is 4.79 Å². The van der Waals surface area contributed by atoms with Crippen molar-refractivity contribution >= 4 is 11.6 Å². The first-order valence-corrected chi connectivity index (χ1v) is 12.3. The zero-order valence-corrected chi connectivity index (χ0v) is 19.4. The van der Waals surface area contributed by atoms with Crippen molar-refractivity contribution in [1.29, 1.82) is 0 Å². The number of rotatable bonds is 7. The maximum atomic E-state index is 12.9. The highest BCUT2D eigenvalue weighted by atomic mass is 16.5. The number of amides is 1. The Balaban J connectivity index is 1.35. The summed E-state index contributed by atoms with van der Waals surface area (Å²) in [6, 6.07) is 4.37. The van der Waals surface area contributed by atoms with Crippen molar-refractivity contribution in [2.24, 2.45) is 11.8 Å². The van der Waals surface area contributed by atoms with Crippen LogP contribution in [0.25, 0.3) is 5.65 Å². The van der Waals surface area contributed by atoms with Gasteiger partial charge in [-0.3, -0.25) is 19.0 Å². The number of pyridine rings is 1. The number of hydrogen-bond donors (Lipinski definition) is 1. The second-order valence-electron chi connectivity index (χ2n) is 10.0. The van der Waals surface area contributed by atoms with E-state index in [4.69, 9.17) is 4.74 Å². The summed E-state index contributed by atoms with van der Waals surface area (Å²) < 4.78 is 7.45. The molecule has 8 nitrogen and oxygen atoms in total. The van der Waals surface area contributed by atoms with E-state index in [0.717, 1.165) is 63.1 Å². The lowest BCUT2D eigenvalue weighted by molar-refractivity contribution is 0.0437. The first-order chi connectivity index (χ1) is 15.6. The molecule has 3 fully saturated rings. The molecule has 1 unspecified atom stereocenters. The third kappa shape index (κ3) is 4.82. The van der Waals surface area contributed by atoms with Crippen molar-refractivity contribution in [3.05, 3.63) is 29.7 Å². The van der Waals surface area contributed by atoms with E-state index in [2.05, 4.69) is 39.2 Å². The van der Waals surface area contributed by atoms with Crippen LogP contribution >= 0.6 is 0 Å². The number of aromatic nitrogens is 3. The third-order valence-electron chi connectivity index (χ3n) is 7.26. The molecule has 2 aliphatic heterocycles. The zero-order valence-electron chi connectivity index (χ0n) is 19.4. The molecule has 2 aromatic heterocycles. The molecule has 1 amide bonds. The van der Waals surface area contributed by atoms with E-state index in [1.54, 1.807) is 0 Å². The van der Waals surface area contributed by atoms with E-state index < -0.39 is 0 Å². The molecule has 0 aromatic carbocycles. The summed E-state index contributed by atoms with van der Waals surface area (Å²) in [6.45, 7) is 11.1. The molecule has 174 valence electrons. The van der Waals surface area contributed by atoms with Gasteiger partial charge in [0, 0.05) is 58.2 Å². The average Bonchev–Trinajstić information content (AvgIpc) is 3.52. The molecule has 0 radical (unpaired) electrons. The van der Waals surface area contributed by atoms with Crippen LogP contribution < -0.4 is 5.32 Å². The molecule has 2 saturated heterocycles. The first-order valence-electron chi connectivity index (χ1n) is 12.3. The van der Waals surface area contributed by atoms with E-state index >= 15 is 0 Å². The minimum atomic E-state index is -0.0299. The average molecular weight is 441 g/mol. The smallest absolute Gasteiger partial charge is 0.252 e. The summed E-state index contributed by atoms with van der Waals surface area (Å²) in [5, 5.41) is 12.1. The number of carbonyl (C=O) groups excluding carboxylic acids is 1. The Labute approximate surface area is 190 Å². The normalized spacial score (nSPS) is 23.8. The fraction of sp³-hybridized carbons (Fsp3) is 0.708. The fourth-order valence-electron chi connectivity index (χ4n) is 5.09. The molecule has 5 rings (SSSR count). The number of piperazine rings is 1. The number of hydrogen-bond acceptors (Lipinski definition) is 6. The molecule has 1 aliphatic carbocycles. The molecule has 1 N–H and O–H groups in total. The maximum absolute atomic E-state index is 12.9. The highest BCUT2D eigenvalue weighted by Gasteiger charge is 2.35. The zero-order chi connectivity index (χ0) is 22.1. The second-order valence-corrected chi connectivity index (χ2v) is 10.0. The highest BCUT2D eigenvalue weighted by molar-refractivity contribution is 5.94. The van der Waals surface area contributed by atoms with Crippen LogP contribution in [0.4, 0.5) is 0 Å². The molecule has 3 aliphatic rings. The van der Waals surface area contributed by atoms with E-state index in [1.807, 2.05) is 22.7 Å². The van der Waals surface area contributed by atoms with Crippen LogP contribution in [0, 0.1) is 11.8 Å². The first kappa shape index (κ1) is 21.8. The lowest BCUT2D eigenvalue weighted by Crippen LogP contribution is -2.51. The van der Waals surface area contributed by atoms with E-state index in [1.165, 1.54) is 19.4 Å². The monoisotopic (exact) mass is 440 g/mol. The Bertz CT molecular complexity index is 934. The molecule has 2 aromatic rings. The van der Waals surface area contributed by atoms with Gasteiger partial charge in [0.2, 0.25) is 0 Å². The number of nitrogens with zero attached hydrogens (tertiary/aromatic N) is 5. The molecular formula is C24H36N6O2. The minimum Gasteiger partial charge on any atom is -0.381 e. The van der Waals surface area contributed by atoms with Gasteiger partial charge >= 0.3 is 0 Å². The summed E-state index contributed by atoms with van der Waals surface area (Å²) in [5.41, 5.74) is 1.45. The van der Waals surface area contributed by atoms with Crippen LogP contribution in [-0.4, -0.2) is 82.3 Å². The van der Waals surface area contributed by atoms with Gasteiger partial charge in [-0.2, -0.15) is 0 Å². The molecule has 4 heterocycles. The molecule has 32 heavy (non-hydrogen) atoms. The van der Waals surface area contributed by atoms with Crippen molar-refractivity contribution in [1.82, 2.24) is 29.7 Å². The van der Waals surface area contributed by atoms with Gasteiger partial charge in [0.25, 0.3) is 5.91 Å². The lowest BCUT2D eigenvalue weighted by atomic mass is 10.0. The summed E-state index contributed by atoms with van der Waals surface area (Å²) in [7, 11) is 0. The Morgan fingerprint density at radius 3 is 2.69 bits per heavy atom. The number of carbonyl (C=O) groups is 1. The fourth-order valence-corrected chi connectivity index (χ4v) is 5.09. The van der Waals surface area contributed by atoms with Gasteiger partial charge in [-0.15, -0.1) is 10.2 Å². The van der Waals surface area contributed by atoms with Gasteiger partial charge in [-0.1, -0.05) is 0 Å². The largest absolute Gasteiger partial charge is 0.381 e. The van der Waals surface area contributed by atoms with Gasteiger partial charge in [0.1, 0.15) is 0 Å². The quantitative estimate of drug-likeness (QED) is 0.713. The predicted molar refractivity (Wildman–Crippen MR) is 123 cm³/mol.